The first kappa shape index (κ1) is 18.6. The van der Waals surface area contributed by atoms with Crippen molar-refractivity contribution in [1.82, 2.24) is 15.0 Å². The Labute approximate surface area is 170 Å². The summed E-state index contributed by atoms with van der Waals surface area (Å²) in [5.74, 6) is 0.519. The van der Waals surface area contributed by atoms with Crippen LogP contribution in [-0.2, 0) is 4.74 Å². The Morgan fingerprint density at radius 3 is 2.52 bits per heavy atom. The smallest absolute Gasteiger partial charge is 0.337 e. The average molecular weight is 406 g/mol. The number of thiazole rings is 1. The van der Waals surface area contributed by atoms with Crippen molar-refractivity contribution >= 4 is 55.7 Å². The Morgan fingerprint density at radius 2 is 1.79 bits per heavy atom. The second kappa shape index (κ2) is 7.72. The monoisotopic (exact) mass is 406 g/mol. The molecule has 29 heavy (non-hydrogen) atoms. The van der Waals surface area contributed by atoms with Gasteiger partial charge in [0.1, 0.15) is 12.0 Å². The van der Waals surface area contributed by atoms with Crippen molar-refractivity contribution in [1.29, 1.82) is 0 Å². The van der Waals surface area contributed by atoms with E-state index in [4.69, 9.17) is 10.5 Å². The zero-order valence-electron chi connectivity index (χ0n) is 15.8. The predicted octanol–water partition coefficient (Wildman–Crippen LogP) is 4.25. The number of ether oxygens (including phenoxy) is 1. The second-order valence-corrected chi connectivity index (χ2v) is 7.32. The summed E-state index contributed by atoms with van der Waals surface area (Å²) in [7, 11) is 1.34. The van der Waals surface area contributed by atoms with Crippen LogP contribution in [0.25, 0.3) is 10.2 Å². The Hall–Kier alpha value is -3.72. The third kappa shape index (κ3) is 3.94. The maximum atomic E-state index is 11.5. The van der Waals surface area contributed by atoms with Crippen LogP contribution in [0.15, 0.2) is 48.8 Å². The van der Waals surface area contributed by atoms with Crippen molar-refractivity contribution in [2.45, 2.75) is 6.92 Å². The van der Waals surface area contributed by atoms with Crippen molar-refractivity contribution in [2.24, 2.45) is 0 Å². The summed E-state index contributed by atoms with van der Waals surface area (Å²) >= 11 is 1.53. The number of hydrogen-bond donors (Lipinski definition) is 3. The number of carbonyl (C=O) groups excluding carboxylic acids is 1. The molecule has 2 heterocycles. The number of carbonyl (C=O) groups is 1. The molecule has 0 atom stereocenters. The van der Waals surface area contributed by atoms with Crippen molar-refractivity contribution in [3.8, 4) is 0 Å². The molecule has 0 bridgehead atoms. The quantitative estimate of drug-likeness (QED) is 0.421. The van der Waals surface area contributed by atoms with E-state index in [9.17, 15) is 4.79 Å². The molecule has 4 N–H and O–H groups in total. The number of nitrogens with zero attached hydrogens (tertiary/aromatic N) is 3. The number of rotatable bonds is 5. The molecule has 146 valence electrons. The molecule has 0 spiro atoms. The first-order valence-corrected chi connectivity index (χ1v) is 9.55. The lowest BCUT2D eigenvalue weighted by Crippen LogP contribution is -2.05. The summed E-state index contributed by atoms with van der Waals surface area (Å²) in [6.45, 7) is 2.05. The van der Waals surface area contributed by atoms with Gasteiger partial charge in [0.25, 0.3) is 0 Å². The number of nitrogen functional groups attached to an aromatic ring is 1. The van der Waals surface area contributed by atoms with Gasteiger partial charge in [-0.05, 0) is 48.9 Å². The lowest BCUT2D eigenvalue weighted by molar-refractivity contribution is 0.0601. The van der Waals surface area contributed by atoms with Gasteiger partial charge in [-0.25, -0.2) is 19.7 Å². The third-order valence-corrected chi connectivity index (χ3v) is 5.16. The third-order valence-electron chi connectivity index (χ3n) is 4.22. The first-order valence-electron chi connectivity index (χ1n) is 8.73. The number of fused-ring (bicyclic) bond motifs is 1. The SMILES string of the molecule is COC(=O)c1ccc(Nc2ncnc(Nc3nc4ccc(C)cc4s3)c2N)cc1. The van der Waals surface area contributed by atoms with Gasteiger partial charge >= 0.3 is 5.97 Å². The molecule has 0 unspecified atom stereocenters. The number of benzene rings is 2. The van der Waals surface area contributed by atoms with E-state index in [-0.39, 0.29) is 0 Å². The lowest BCUT2D eigenvalue weighted by Gasteiger charge is -2.11. The van der Waals surface area contributed by atoms with E-state index < -0.39 is 5.97 Å². The van der Waals surface area contributed by atoms with E-state index in [1.54, 1.807) is 24.3 Å². The van der Waals surface area contributed by atoms with E-state index >= 15 is 0 Å². The van der Waals surface area contributed by atoms with Crippen LogP contribution in [-0.4, -0.2) is 28.0 Å². The minimum absolute atomic E-state index is 0.361. The summed E-state index contributed by atoms with van der Waals surface area (Å²) in [6.07, 6.45) is 1.42. The molecule has 2 aromatic carbocycles. The van der Waals surface area contributed by atoms with Crippen molar-refractivity contribution in [2.75, 3.05) is 23.5 Å². The highest BCUT2D eigenvalue weighted by atomic mass is 32.1. The molecule has 0 fully saturated rings. The maximum absolute atomic E-state index is 11.5. The Bertz CT molecular complexity index is 1190. The van der Waals surface area contributed by atoms with Crippen molar-refractivity contribution in [3.63, 3.8) is 0 Å². The van der Waals surface area contributed by atoms with Crippen molar-refractivity contribution in [3.05, 3.63) is 59.9 Å². The van der Waals surface area contributed by atoms with Crippen molar-refractivity contribution < 1.29 is 9.53 Å². The maximum Gasteiger partial charge on any atom is 0.337 e. The molecule has 9 heteroatoms. The Kier molecular flexibility index (Phi) is 4.96. The van der Waals surface area contributed by atoms with Crippen LogP contribution < -0.4 is 16.4 Å². The molecule has 0 aliphatic rings. The van der Waals surface area contributed by atoms with E-state index in [1.807, 2.05) is 19.1 Å². The molecule has 4 aromatic rings. The van der Waals surface area contributed by atoms with E-state index in [0.29, 0.717) is 28.0 Å². The van der Waals surface area contributed by atoms with Gasteiger partial charge in [-0.15, -0.1) is 0 Å². The Balaban J connectivity index is 1.55. The summed E-state index contributed by atoms with van der Waals surface area (Å²) < 4.78 is 5.79. The molecule has 0 radical (unpaired) electrons. The number of aromatic nitrogens is 3. The van der Waals surface area contributed by atoms with Gasteiger partial charge in [0.2, 0.25) is 0 Å². The van der Waals surface area contributed by atoms with Gasteiger partial charge in [-0.3, -0.25) is 0 Å². The Morgan fingerprint density at radius 1 is 1.07 bits per heavy atom. The van der Waals surface area contributed by atoms with Gasteiger partial charge in [0.15, 0.2) is 16.8 Å². The van der Waals surface area contributed by atoms with Crippen LogP contribution in [0.2, 0.25) is 0 Å². The fourth-order valence-corrected chi connectivity index (χ4v) is 3.69. The molecule has 0 aliphatic carbocycles. The molecular weight excluding hydrogens is 388 g/mol. The van der Waals surface area contributed by atoms with Crippen LogP contribution in [0.3, 0.4) is 0 Å². The number of nitrogens with one attached hydrogen (secondary N) is 2. The molecule has 0 amide bonds. The first-order chi connectivity index (χ1) is 14.0. The number of anilines is 5. The van der Waals surface area contributed by atoms with Crippen LogP contribution in [0.4, 0.5) is 28.1 Å². The minimum Gasteiger partial charge on any atom is -0.465 e. The fourth-order valence-electron chi connectivity index (χ4n) is 2.73. The zero-order chi connectivity index (χ0) is 20.4. The normalized spacial score (nSPS) is 10.7. The molecule has 4 rings (SSSR count). The number of methoxy groups -OCH3 is 1. The highest BCUT2D eigenvalue weighted by Crippen LogP contribution is 2.32. The fraction of sp³-hybridized carbons (Fsp3) is 0.100. The van der Waals surface area contributed by atoms with Gasteiger partial charge in [0, 0.05) is 5.69 Å². The largest absolute Gasteiger partial charge is 0.465 e. The average Bonchev–Trinajstić information content (AvgIpc) is 3.12. The van der Waals surface area contributed by atoms with E-state index in [2.05, 4.69) is 31.7 Å². The van der Waals surface area contributed by atoms with Gasteiger partial charge in [-0.2, -0.15) is 0 Å². The number of nitrogens with two attached hydrogens (primary N) is 1. The van der Waals surface area contributed by atoms with Crippen LogP contribution in [0.5, 0.6) is 0 Å². The summed E-state index contributed by atoms with van der Waals surface area (Å²) in [4.78, 5) is 24.5. The number of esters is 1. The summed E-state index contributed by atoms with van der Waals surface area (Å²) in [5, 5.41) is 7.00. The molecule has 8 nitrogen and oxygen atoms in total. The van der Waals surface area contributed by atoms with E-state index in [1.165, 1.54) is 30.3 Å². The van der Waals surface area contributed by atoms with Crippen LogP contribution in [0, 0.1) is 6.92 Å². The zero-order valence-corrected chi connectivity index (χ0v) is 16.6. The van der Waals surface area contributed by atoms with Gasteiger partial charge in [0.05, 0.1) is 22.9 Å². The van der Waals surface area contributed by atoms with Gasteiger partial charge < -0.3 is 21.1 Å². The number of aryl methyl sites for hydroxylation is 1. The molecular formula is C20H18N6O2S. The standard InChI is InChI=1S/C20H18N6O2S/c1-11-3-8-14-15(9-11)29-20(25-14)26-18-16(21)17(22-10-23-18)24-13-6-4-12(5-7-13)19(27)28-2/h3-10H,21H2,1-2H3,(H2,22,23,24,25,26). The second-order valence-electron chi connectivity index (χ2n) is 6.29. The molecule has 0 saturated heterocycles. The predicted molar refractivity (Wildman–Crippen MR) is 115 cm³/mol. The lowest BCUT2D eigenvalue weighted by atomic mass is 10.2. The van der Waals surface area contributed by atoms with Crippen LogP contribution in [0.1, 0.15) is 15.9 Å². The highest BCUT2D eigenvalue weighted by Gasteiger charge is 2.12. The summed E-state index contributed by atoms with van der Waals surface area (Å²) in [6, 6.07) is 12.9. The van der Waals surface area contributed by atoms with Crippen LogP contribution >= 0.6 is 11.3 Å². The highest BCUT2D eigenvalue weighted by molar-refractivity contribution is 7.22. The molecule has 2 aromatic heterocycles. The van der Waals surface area contributed by atoms with E-state index in [0.717, 1.165) is 15.9 Å². The molecule has 0 aliphatic heterocycles. The van der Waals surface area contributed by atoms with Gasteiger partial charge in [-0.1, -0.05) is 17.4 Å². The summed E-state index contributed by atoms with van der Waals surface area (Å²) in [5.41, 5.74) is 9.89. The molecule has 0 saturated carbocycles. The minimum atomic E-state index is -0.393. The topological polar surface area (TPSA) is 115 Å². The number of hydrogen-bond acceptors (Lipinski definition) is 9.